The van der Waals surface area contributed by atoms with E-state index in [4.69, 9.17) is 0 Å². The van der Waals surface area contributed by atoms with Gasteiger partial charge in [-0.1, -0.05) is 45.0 Å². The Labute approximate surface area is 192 Å². The minimum Gasteiger partial charge on any atom is -0.295 e. The summed E-state index contributed by atoms with van der Waals surface area (Å²) in [7, 11) is -3.66. The van der Waals surface area contributed by atoms with Gasteiger partial charge in [0, 0.05) is 6.54 Å². The van der Waals surface area contributed by atoms with Crippen LogP contribution in [-0.4, -0.2) is 45.4 Å². The van der Waals surface area contributed by atoms with Crippen LogP contribution in [0, 0.1) is 0 Å². The number of hydrogen-bond donors (Lipinski definition) is 2. The van der Waals surface area contributed by atoms with Gasteiger partial charge in [0.25, 0.3) is 10.2 Å². The Kier molecular flexibility index (Phi) is 8.28. The maximum atomic E-state index is 13.7. The lowest BCUT2D eigenvalue weighted by Crippen LogP contribution is -2.39. The molecule has 0 saturated carbocycles. The van der Waals surface area contributed by atoms with E-state index in [9.17, 15) is 13.2 Å². The number of carbonyl (C=O) groups is 1. The molecular formula is C24H34N4O3S. The zero-order valence-electron chi connectivity index (χ0n) is 19.2. The quantitative estimate of drug-likeness (QED) is 0.567. The van der Waals surface area contributed by atoms with Crippen molar-refractivity contribution in [2.75, 3.05) is 35.8 Å². The van der Waals surface area contributed by atoms with Gasteiger partial charge >= 0.3 is 0 Å². The second-order valence-corrected chi connectivity index (χ2v) is 9.58. The van der Waals surface area contributed by atoms with Crippen LogP contribution in [0.15, 0.2) is 42.5 Å². The molecular weight excluding hydrogens is 424 g/mol. The minimum atomic E-state index is -3.66. The van der Waals surface area contributed by atoms with Crippen molar-refractivity contribution < 1.29 is 13.2 Å². The van der Waals surface area contributed by atoms with E-state index in [-0.39, 0.29) is 5.91 Å². The Balaban J connectivity index is 2.03. The van der Waals surface area contributed by atoms with Crippen LogP contribution in [0.2, 0.25) is 0 Å². The van der Waals surface area contributed by atoms with Crippen LogP contribution in [0.3, 0.4) is 0 Å². The monoisotopic (exact) mass is 458 g/mol. The molecule has 0 fully saturated rings. The molecule has 0 aromatic heterocycles. The molecule has 0 spiro atoms. The Morgan fingerprint density at radius 1 is 0.969 bits per heavy atom. The van der Waals surface area contributed by atoms with Gasteiger partial charge in [-0.15, -0.1) is 0 Å². The van der Waals surface area contributed by atoms with Crippen molar-refractivity contribution in [2.24, 2.45) is 0 Å². The Bertz CT molecular complexity index is 1030. The largest absolute Gasteiger partial charge is 0.299 e. The Morgan fingerprint density at radius 3 is 2.28 bits per heavy atom. The standard InChI is InChI=1S/C24H34N4O3S/c1-4-15-27(16-5-2)18-24(29)28-22-10-8-7-9-19(22)11-12-20-13-14-21(17-23(20)28)26-32(30,31)25-6-3/h7-10,13-14,17,25-26H,4-6,11-12,15-16,18H2,1-3H3. The number of aryl methyl sites for hydroxylation is 2. The fourth-order valence-corrected chi connectivity index (χ4v) is 5.09. The second kappa shape index (κ2) is 10.9. The van der Waals surface area contributed by atoms with Crippen molar-refractivity contribution in [1.29, 1.82) is 0 Å². The third kappa shape index (κ3) is 5.88. The van der Waals surface area contributed by atoms with Crippen LogP contribution in [0.1, 0.15) is 44.7 Å². The summed E-state index contributed by atoms with van der Waals surface area (Å²) >= 11 is 0. The molecule has 0 unspecified atom stereocenters. The highest BCUT2D eigenvalue weighted by molar-refractivity contribution is 7.90. The van der Waals surface area contributed by atoms with E-state index in [1.54, 1.807) is 24.0 Å². The first-order valence-electron chi connectivity index (χ1n) is 11.4. The van der Waals surface area contributed by atoms with Crippen LogP contribution in [-0.2, 0) is 27.8 Å². The lowest BCUT2D eigenvalue weighted by Gasteiger charge is -2.29. The number of para-hydroxylation sites is 1. The summed E-state index contributed by atoms with van der Waals surface area (Å²) in [5.41, 5.74) is 4.18. The molecule has 174 valence electrons. The summed E-state index contributed by atoms with van der Waals surface area (Å²) in [6.45, 7) is 8.31. The van der Waals surface area contributed by atoms with Crippen molar-refractivity contribution in [3.05, 3.63) is 53.6 Å². The molecule has 0 radical (unpaired) electrons. The summed E-state index contributed by atoms with van der Waals surface area (Å²) in [5, 5.41) is 0. The van der Waals surface area contributed by atoms with E-state index in [1.165, 1.54) is 0 Å². The van der Waals surface area contributed by atoms with E-state index in [2.05, 4.69) is 34.3 Å². The normalized spacial score (nSPS) is 13.4. The maximum Gasteiger partial charge on any atom is 0.299 e. The topological polar surface area (TPSA) is 81.8 Å². The lowest BCUT2D eigenvalue weighted by molar-refractivity contribution is -0.119. The van der Waals surface area contributed by atoms with Gasteiger partial charge in [-0.05, 0) is 68.1 Å². The molecule has 8 heteroatoms. The predicted molar refractivity (Wildman–Crippen MR) is 131 cm³/mol. The lowest BCUT2D eigenvalue weighted by atomic mass is 10.0. The number of benzene rings is 2. The maximum absolute atomic E-state index is 13.7. The van der Waals surface area contributed by atoms with Gasteiger partial charge in [0.1, 0.15) is 0 Å². The van der Waals surface area contributed by atoms with Gasteiger partial charge < -0.3 is 0 Å². The van der Waals surface area contributed by atoms with Crippen molar-refractivity contribution in [1.82, 2.24) is 9.62 Å². The smallest absolute Gasteiger partial charge is 0.295 e. The summed E-state index contributed by atoms with van der Waals surface area (Å²) < 4.78 is 29.5. The fourth-order valence-electron chi connectivity index (χ4n) is 4.20. The van der Waals surface area contributed by atoms with E-state index in [1.807, 2.05) is 24.3 Å². The van der Waals surface area contributed by atoms with Crippen LogP contribution < -0.4 is 14.3 Å². The number of hydrogen-bond acceptors (Lipinski definition) is 4. The highest BCUT2D eigenvalue weighted by Crippen LogP contribution is 2.37. The van der Waals surface area contributed by atoms with Crippen molar-refractivity contribution in [2.45, 2.75) is 46.5 Å². The number of rotatable bonds is 10. The molecule has 2 aromatic rings. The molecule has 0 bridgehead atoms. The van der Waals surface area contributed by atoms with Crippen LogP contribution in [0.25, 0.3) is 0 Å². The number of nitrogens with zero attached hydrogens (tertiary/aromatic N) is 2. The first-order valence-corrected chi connectivity index (χ1v) is 12.9. The van der Waals surface area contributed by atoms with E-state index in [0.29, 0.717) is 18.8 Å². The van der Waals surface area contributed by atoms with Crippen molar-refractivity contribution in [3.8, 4) is 0 Å². The average Bonchev–Trinajstić information content (AvgIpc) is 2.90. The predicted octanol–water partition coefficient (Wildman–Crippen LogP) is 3.84. The molecule has 2 N–H and O–H groups in total. The van der Waals surface area contributed by atoms with Gasteiger partial charge in [-0.2, -0.15) is 13.1 Å². The SMILES string of the molecule is CCCN(CCC)CC(=O)N1c2ccccc2CCc2ccc(NS(=O)(=O)NCC)cc21. The average molecular weight is 459 g/mol. The van der Waals surface area contributed by atoms with Crippen LogP contribution in [0.5, 0.6) is 0 Å². The number of nitrogens with one attached hydrogen (secondary N) is 2. The molecule has 32 heavy (non-hydrogen) atoms. The second-order valence-electron chi connectivity index (χ2n) is 8.08. The van der Waals surface area contributed by atoms with Crippen molar-refractivity contribution >= 4 is 33.2 Å². The first-order chi connectivity index (χ1) is 15.4. The third-order valence-electron chi connectivity index (χ3n) is 5.50. The minimum absolute atomic E-state index is 0.00538. The molecule has 0 atom stereocenters. The van der Waals surface area contributed by atoms with Crippen LogP contribution >= 0.6 is 0 Å². The highest BCUT2D eigenvalue weighted by atomic mass is 32.2. The molecule has 1 aliphatic heterocycles. The van der Waals surface area contributed by atoms with Crippen molar-refractivity contribution in [3.63, 3.8) is 0 Å². The van der Waals surface area contributed by atoms with Gasteiger partial charge in [0.15, 0.2) is 0 Å². The number of carbonyl (C=O) groups excluding carboxylic acids is 1. The molecule has 2 aromatic carbocycles. The highest BCUT2D eigenvalue weighted by Gasteiger charge is 2.27. The summed E-state index contributed by atoms with van der Waals surface area (Å²) in [4.78, 5) is 17.6. The van der Waals surface area contributed by atoms with E-state index in [0.717, 1.165) is 61.3 Å². The molecule has 1 aliphatic rings. The van der Waals surface area contributed by atoms with E-state index >= 15 is 0 Å². The van der Waals surface area contributed by atoms with Gasteiger partial charge in [0.2, 0.25) is 5.91 Å². The van der Waals surface area contributed by atoms with Crippen LogP contribution in [0.4, 0.5) is 17.1 Å². The number of amides is 1. The molecule has 1 heterocycles. The molecule has 0 aliphatic carbocycles. The number of fused-ring (bicyclic) bond motifs is 2. The van der Waals surface area contributed by atoms with E-state index < -0.39 is 10.2 Å². The van der Waals surface area contributed by atoms with Gasteiger partial charge in [0.05, 0.1) is 23.6 Å². The summed E-state index contributed by atoms with van der Waals surface area (Å²) in [6.07, 6.45) is 3.57. The zero-order chi connectivity index (χ0) is 23.1. The Hall–Kier alpha value is -2.42. The summed E-state index contributed by atoms with van der Waals surface area (Å²) in [6, 6.07) is 13.4. The van der Waals surface area contributed by atoms with Gasteiger partial charge in [-0.25, -0.2) is 0 Å². The van der Waals surface area contributed by atoms with Gasteiger partial charge in [-0.3, -0.25) is 19.3 Å². The summed E-state index contributed by atoms with van der Waals surface area (Å²) in [5.74, 6) is -0.00538. The molecule has 1 amide bonds. The first kappa shape index (κ1) is 24.2. The fraction of sp³-hybridized carbons (Fsp3) is 0.458. The zero-order valence-corrected chi connectivity index (χ0v) is 20.0. The molecule has 7 nitrogen and oxygen atoms in total. The number of anilines is 3. The third-order valence-corrected chi connectivity index (χ3v) is 6.67. The molecule has 0 saturated heterocycles. The Morgan fingerprint density at radius 2 is 1.62 bits per heavy atom. The molecule has 3 rings (SSSR count).